The largest absolute Gasteiger partial charge is 0.451 e. The Bertz CT molecular complexity index is 598. The summed E-state index contributed by atoms with van der Waals surface area (Å²) in [6.45, 7) is 1.89. The van der Waals surface area contributed by atoms with E-state index in [1.807, 2.05) is 6.92 Å². The molecule has 2 heterocycles. The molecule has 0 bridgehead atoms. The molecule has 0 fully saturated rings. The summed E-state index contributed by atoms with van der Waals surface area (Å²) in [6, 6.07) is 2.96. The van der Waals surface area contributed by atoms with Crippen LogP contribution in [-0.2, 0) is 17.6 Å². The second-order valence-corrected chi connectivity index (χ2v) is 4.55. The molecule has 0 aromatic carbocycles. The van der Waals surface area contributed by atoms with Crippen molar-refractivity contribution in [3.05, 3.63) is 29.3 Å². The third-order valence-electron chi connectivity index (χ3n) is 2.47. The molecular weight excluding hydrogens is 309 g/mol. The van der Waals surface area contributed by atoms with E-state index in [1.54, 1.807) is 0 Å². The summed E-state index contributed by atoms with van der Waals surface area (Å²) in [4.78, 5) is 7.32. The Hall–Kier alpha value is -1.67. The normalized spacial score (nSPS) is 11.9. The van der Waals surface area contributed by atoms with E-state index in [2.05, 4.69) is 15.1 Å². The number of rotatable bonds is 5. The molecule has 2 aromatic rings. The summed E-state index contributed by atoms with van der Waals surface area (Å²) in [6.07, 6.45) is -2.60. The van der Waals surface area contributed by atoms with Crippen molar-refractivity contribution in [1.29, 1.82) is 0 Å². The third-order valence-corrected chi connectivity index (χ3v) is 2.70. The SMILES string of the molecule is CCCOCn1nc(-c2ccc(Cl)nc2)nc1C(F)(F)F. The molecule has 0 radical (unpaired) electrons. The van der Waals surface area contributed by atoms with Gasteiger partial charge in [0, 0.05) is 18.4 Å². The highest BCUT2D eigenvalue weighted by Gasteiger charge is 2.38. The average molecular weight is 321 g/mol. The van der Waals surface area contributed by atoms with E-state index >= 15 is 0 Å². The van der Waals surface area contributed by atoms with Crippen molar-refractivity contribution in [1.82, 2.24) is 19.7 Å². The van der Waals surface area contributed by atoms with Gasteiger partial charge in [-0.25, -0.2) is 14.6 Å². The first-order chi connectivity index (χ1) is 9.91. The molecule has 0 atom stereocenters. The number of halogens is 4. The van der Waals surface area contributed by atoms with Gasteiger partial charge in [0.2, 0.25) is 5.82 Å². The summed E-state index contributed by atoms with van der Waals surface area (Å²) >= 11 is 5.64. The van der Waals surface area contributed by atoms with E-state index in [1.165, 1.54) is 18.3 Å². The lowest BCUT2D eigenvalue weighted by Gasteiger charge is -2.08. The van der Waals surface area contributed by atoms with Gasteiger partial charge in [-0.3, -0.25) is 0 Å². The van der Waals surface area contributed by atoms with Gasteiger partial charge >= 0.3 is 6.18 Å². The van der Waals surface area contributed by atoms with Crippen molar-refractivity contribution in [3.63, 3.8) is 0 Å². The third kappa shape index (κ3) is 3.92. The Labute approximate surface area is 123 Å². The highest BCUT2D eigenvalue weighted by atomic mass is 35.5. The minimum absolute atomic E-state index is 0.0772. The van der Waals surface area contributed by atoms with E-state index in [0.29, 0.717) is 23.3 Å². The van der Waals surface area contributed by atoms with Crippen LogP contribution in [0.1, 0.15) is 19.2 Å². The molecule has 9 heteroatoms. The maximum absolute atomic E-state index is 12.9. The van der Waals surface area contributed by atoms with E-state index in [4.69, 9.17) is 16.3 Å². The second kappa shape index (κ2) is 6.40. The summed E-state index contributed by atoms with van der Waals surface area (Å²) in [5.41, 5.74) is 0.346. The van der Waals surface area contributed by atoms with Crippen LogP contribution in [0.4, 0.5) is 13.2 Å². The molecule has 21 heavy (non-hydrogen) atoms. The predicted molar refractivity (Wildman–Crippen MR) is 69.5 cm³/mol. The number of hydrogen-bond donors (Lipinski definition) is 0. The monoisotopic (exact) mass is 320 g/mol. The first-order valence-electron chi connectivity index (χ1n) is 6.13. The molecule has 114 valence electrons. The van der Waals surface area contributed by atoms with Crippen molar-refractivity contribution >= 4 is 11.6 Å². The number of ether oxygens (including phenoxy) is 1. The molecule has 2 rings (SSSR count). The molecule has 0 aliphatic carbocycles. The predicted octanol–water partition coefficient (Wildman–Crippen LogP) is 3.40. The Balaban J connectivity index is 2.33. The molecular formula is C12H12ClF3N4O. The Kier molecular flexibility index (Phi) is 4.79. The first-order valence-corrected chi connectivity index (χ1v) is 6.51. The first kappa shape index (κ1) is 15.7. The van der Waals surface area contributed by atoms with Gasteiger partial charge in [-0.05, 0) is 18.6 Å². The highest BCUT2D eigenvalue weighted by molar-refractivity contribution is 6.29. The van der Waals surface area contributed by atoms with Crippen LogP contribution in [0.15, 0.2) is 18.3 Å². The lowest BCUT2D eigenvalue weighted by Crippen LogP contribution is -2.17. The zero-order valence-corrected chi connectivity index (χ0v) is 11.8. The smallest absolute Gasteiger partial charge is 0.359 e. The lowest BCUT2D eigenvalue weighted by atomic mass is 10.3. The van der Waals surface area contributed by atoms with Crippen LogP contribution < -0.4 is 0 Å². The molecule has 0 N–H and O–H groups in total. The molecule has 0 spiro atoms. The van der Waals surface area contributed by atoms with Crippen molar-refractivity contribution < 1.29 is 17.9 Å². The highest BCUT2D eigenvalue weighted by Crippen LogP contribution is 2.29. The van der Waals surface area contributed by atoms with Gasteiger partial charge in [-0.15, -0.1) is 5.10 Å². The van der Waals surface area contributed by atoms with E-state index in [-0.39, 0.29) is 17.7 Å². The van der Waals surface area contributed by atoms with Crippen LogP contribution in [0.3, 0.4) is 0 Å². The number of nitrogens with zero attached hydrogens (tertiary/aromatic N) is 4. The fourth-order valence-corrected chi connectivity index (χ4v) is 1.68. The van der Waals surface area contributed by atoms with Gasteiger partial charge in [0.25, 0.3) is 0 Å². The summed E-state index contributed by atoms with van der Waals surface area (Å²) in [7, 11) is 0. The molecule has 0 aliphatic rings. The molecule has 0 aliphatic heterocycles. The van der Waals surface area contributed by atoms with Crippen LogP contribution >= 0.6 is 11.6 Å². The second-order valence-electron chi connectivity index (χ2n) is 4.16. The fraction of sp³-hybridized carbons (Fsp3) is 0.417. The molecule has 0 saturated carbocycles. The minimum Gasteiger partial charge on any atom is -0.359 e. The minimum atomic E-state index is -4.61. The molecule has 5 nitrogen and oxygen atoms in total. The van der Waals surface area contributed by atoms with Crippen molar-refractivity contribution in [2.45, 2.75) is 26.3 Å². The topological polar surface area (TPSA) is 52.8 Å². The molecule has 0 unspecified atom stereocenters. The van der Waals surface area contributed by atoms with Crippen molar-refractivity contribution in [3.8, 4) is 11.4 Å². The van der Waals surface area contributed by atoms with Crippen LogP contribution in [0.5, 0.6) is 0 Å². The van der Waals surface area contributed by atoms with Crippen LogP contribution in [0.2, 0.25) is 5.15 Å². The zero-order valence-electron chi connectivity index (χ0n) is 11.1. The molecule has 2 aromatic heterocycles. The van der Waals surface area contributed by atoms with Crippen LogP contribution in [-0.4, -0.2) is 26.4 Å². The van der Waals surface area contributed by atoms with Gasteiger partial charge < -0.3 is 4.74 Å². The summed E-state index contributed by atoms with van der Waals surface area (Å²) < 4.78 is 44.6. The number of hydrogen-bond acceptors (Lipinski definition) is 4. The van der Waals surface area contributed by atoms with Gasteiger partial charge in [0.05, 0.1) is 0 Å². The maximum atomic E-state index is 12.9. The average Bonchev–Trinajstić information content (AvgIpc) is 2.84. The standard InChI is InChI=1S/C12H12ClF3N4O/c1-2-5-21-7-20-11(12(14,15)16)18-10(19-20)8-3-4-9(13)17-6-8/h3-4,6H,2,5,7H2,1H3. The van der Waals surface area contributed by atoms with Gasteiger partial charge in [0.1, 0.15) is 11.9 Å². The van der Waals surface area contributed by atoms with Gasteiger partial charge in [-0.2, -0.15) is 13.2 Å². The quantitative estimate of drug-likeness (QED) is 0.626. The van der Waals surface area contributed by atoms with Crippen molar-refractivity contribution in [2.75, 3.05) is 6.61 Å². The Morgan fingerprint density at radius 2 is 2.10 bits per heavy atom. The molecule has 0 amide bonds. The van der Waals surface area contributed by atoms with E-state index in [9.17, 15) is 13.2 Å². The maximum Gasteiger partial charge on any atom is 0.451 e. The summed E-state index contributed by atoms with van der Waals surface area (Å²) in [5, 5.41) is 4.06. The fourth-order valence-electron chi connectivity index (χ4n) is 1.57. The van der Waals surface area contributed by atoms with E-state index < -0.39 is 12.0 Å². The Morgan fingerprint density at radius 3 is 2.67 bits per heavy atom. The van der Waals surface area contributed by atoms with Crippen LogP contribution in [0, 0.1) is 0 Å². The van der Waals surface area contributed by atoms with Crippen molar-refractivity contribution in [2.24, 2.45) is 0 Å². The number of pyridine rings is 1. The Morgan fingerprint density at radius 1 is 1.33 bits per heavy atom. The number of aromatic nitrogens is 4. The zero-order chi connectivity index (χ0) is 15.5. The van der Waals surface area contributed by atoms with Crippen LogP contribution in [0.25, 0.3) is 11.4 Å². The number of alkyl halides is 3. The van der Waals surface area contributed by atoms with Gasteiger partial charge in [0.15, 0.2) is 5.82 Å². The van der Waals surface area contributed by atoms with Gasteiger partial charge in [-0.1, -0.05) is 18.5 Å². The lowest BCUT2D eigenvalue weighted by molar-refractivity contribution is -0.150. The van der Waals surface area contributed by atoms with E-state index in [0.717, 1.165) is 0 Å². The summed E-state index contributed by atoms with van der Waals surface area (Å²) in [5.74, 6) is -1.19. The molecule has 0 saturated heterocycles.